The molecule has 1 aromatic carbocycles. The maximum absolute atomic E-state index is 12.7. The zero-order valence-corrected chi connectivity index (χ0v) is 16.5. The Kier molecular flexibility index (Phi) is 7.66. The summed E-state index contributed by atoms with van der Waals surface area (Å²) in [6.45, 7) is 3.91. The summed E-state index contributed by atoms with van der Waals surface area (Å²) < 4.78 is 36.7. The summed E-state index contributed by atoms with van der Waals surface area (Å²) in [5.74, 6) is -0.195. The first-order valence-electron chi connectivity index (χ1n) is 8.21. The van der Waals surface area contributed by atoms with Gasteiger partial charge in [-0.3, -0.25) is 9.69 Å². The first kappa shape index (κ1) is 20.9. The molecule has 146 valence electrons. The monoisotopic (exact) mass is 405 g/mol. The maximum Gasteiger partial charge on any atom is 0.247 e. The number of halogens is 1. The highest BCUT2D eigenvalue weighted by Gasteiger charge is 2.26. The van der Waals surface area contributed by atoms with Gasteiger partial charge in [0.1, 0.15) is 10.6 Å². The molecule has 1 aromatic rings. The molecule has 1 fully saturated rings. The van der Waals surface area contributed by atoms with Crippen molar-refractivity contribution in [2.45, 2.75) is 4.90 Å². The van der Waals surface area contributed by atoms with Crippen LogP contribution in [-0.4, -0.2) is 83.6 Å². The number of rotatable bonds is 8. The van der Waals surface area contributed by atoms with Crippen molar-refractivity contribution in [3.8, 4) is 5.75 Å². The number of amides is 1. The van der Waals surface area contributed by atoms with Crippen LogP contribution in [0.15, 0.2) is 23.1 Å². The van der Waals surface area contributed by atoms with Gasteiger partial charge in [-0.2, -0.15) is 4.31 Å². The van der Waals surface area contributed by atoms with Crippen molar-refractivity contribution in [2.75, 3.05) is 60.1 Å². The van der Waals surface area contributed by atoms with Crippen molar-refractivity contribution in [3.05, 3.63) is 23.2 Å². The number of hydrogen-bond donors (Lipinski definition) is 1. The fourth-order valence-electron chi connectivity index (χ4n) is 2.54. The minimum Gasteiger partial charge on any atom is -0.495 e. The van der Waals surface area contributed by atoms with Crippen LogP contribution in [0.1, 0.15) is 0 Å². The molecule has 0 aromatic heterocycles. The first-order chi connectivity index (χ1) is 12.3. The van der Waals surface area contributed by atoms with Crippen LogP contribution in [0.2, 0.25) is 5.02 Å². The van der Waals surface area contributed by atoms with E-state index in [0.29, 0.717) is 26.3 Å². The Morgan fingerprint density at radius 2 is 2.08 bits per heavy atom. The number of morpholine rings is 1. The van der Waals surface area contributed by atoms with Crippen LogP contribution in [0, 0.1) is 0 Å². The van der Waals surface area contributed by atoms with Gasteiger partial charge in [0.05, 0.1) is 26.9 Å². The van der Waals surface area contributed by atoms with E-state index >= 15 is 0 Å². The molecule has 0 bridgehead atoms. The van der Waals surface area contributed by atoms with Crippen molar-refractivity contribution in [2.24, 2.45) is 0 Å². The molecule has 0 atom stereocenters. The molecule has 0 aliphatic carbocycles. The predicted octanol–water partition coefficient (Wildman–Crippen LogP) is 0.418. The highest BCUT2D eigenvalue weighted by atomic mass is 35.5. The van der Waals surface area contributed by atoms with Gasteiger partial charge in [0.25, 0.3) is 0 Å². The predicted molar refractivity (Wildman–Crippen MR) is 98.1 cm³/mol. The average Bonchev–Trinajstić information content (AvgIpc) is 2.62. The molecule has 0 radical (unpaired) electrons. The number of methoxy groups -OCH3 is 1. The van der Waals surface area contributed by atoms with Gasteiger partial charge in [0.2, 0.25) is 15.9 Å². The van der Waals surface area contributed by atoms with E-state index in [0.717, 1.165) is 17.4 Å². The zero-order valence-electron chi connectivity index (χ0n) is 14.9. The van der Waals surface area contributed by atoms with Crippen LogP contribution < -0.4 is 10.1 Å². The molecular formula is C16H24ClN3O5S. The molecule has 1 aliphatic heterocycles. The minimum atomic E-state index is -3.91. The normalized spacial score (nSPS) is 15.8. The second-order valence-electron chi connectivity index (χ2n) is 5.86. The number of nitrogens with zero attached hydrogens (tertiary/aromatic N) is 2. The fraction of sp³-hybridized carbons (Fsp3) is 0.562. The Morgan fingerprint density at radius 3 is 2.73 bits per heavy atom. The lowest BCUT2D eigenvalue weighted by atomic mass is 10.3. The number of ether oxygens (including phenoxy) is 2. The summed E-state index contributed by atoms with van der Waals surface area (Å²) in [4.78, 5) is 14.2. The van der Waals surface area contributed by atoms with Crippen LogP contribution in [-0.2, 0) is 19.6 Å². The van der Waals surface area contributed by atoms with Crippen molar-refractivity contribution >= 4 is 27.5 Å². The molecule has 1 saturated heterocycles. The van der Waals surface area contributed by atoms with Crippen molar-refractivity contribution in [1.29, 1.82) is 0 Å². The van der Waals surface area contributed by atoms with E-state index in [1.54, 1.807) is 0 Å². The minimum absolute atomic E-state index is 0.0730. The number of hydrogen-bond acceptors (Lipinski definition) is 6. The van der Waals surface area contributed by atoms with Crippen molar-refractivity contribution in [3.63, 3.8) is 0 Å². The summed E-state index contributed by atoms with van der Waals surface area (Å²) in [6.07, 6.45) is 0. The number of likely N-dealkylation sites (N-methyl/N-ethyl adjacent to an activating group) is 1. The fourth-order valence-corrected chi connectivity index (χ4v) is 4.08. The lowest BCUT2D eigenvalue weighted by Crippen LogP contribution is -2.43. The Morgan fingerprint density at radius 1 is 1.38 bits per heavy atom. The van der Waals surface area contributed by atoms with Gasteiger partial charge in [-0.15, -0.1) is 0 Å². The lowest BCUT2D eigenvalue weighted by Gasteiger charge is -2.26. The number of benzene rings is 1. The number of carbonyl (C=O) groups excluding carboxylic acids is 1. The van der Waals surface area contributed by atoms with E-state index in [2.05, 4.69) is 10.2 Å². The van der Waals surface area contributed by atoms with E-state index in [1.807, 2.05) is 0 Å². The van der Waals surface area contributed by atoms with E-state index in [9.17, 15) is 13.2 Å². The first-order valence-corrected chi connectivity index (χ1v) is 10.0. The van der Waals surface area contributed by atoms with E-state index in [1.165, 1.54) is 32.4 Å². The molecule has 1 heterocycles. The Labute approximate surface area is 159 Å². The molecule has 26 heavy (non-hydrogen) atoms. The zero-order chi connectivity index (χ0) is 19.2. The molecule has 8 nitrogen and oxygen atoms in total. The second kappa shape index (κ2) is 9.52. The average molecular weight is 406 g/mol. The molecule has 0 spiro atoms. The molecule has 1 amide bonds. The van der Waals surface area contributed by atoms with Crippen LogP contribution in [0.25, 0.3) is 0 Å². The van der Waals surface area contributed by atoms with Crippen LogP contribution >= 0.6 is 11.6 Å². The standard InChI is InChI=1S/C16H24ClN3O5S/c1-19(12-16(21)18-5-6-20-7-9-25-10-8-20)26(22,23)15-11-13(17)3-4-14(15)24-2/h3-4,11H,5-10,12H2,1-2H3,(H,18,21). The highest BCUT2D eigenvalue weighted by molar-refractivity contribution is 7.89. The van der Waals surface area contributed by atoms with Gasteiger partial charge in [-0.25, -0.2) is 8.42 Å². The molecule has 1 N–H and O–H groups in total. The molecule has 2 rings (SSSR count). The topological polar surface area (TPSA) is 88.2 Å². The third-order valence-electron chi connectivity index (χ3n) is 4.03. The molecule has 0 unspecified atom stereocenters. The largest absolute Gasteiger partial charge is 0.495 e. The quantitative estimate of drug-likeness (QED) is 0.674. The van der Waals surface area contributed by atoms with Crippen LogP contribution in [0.3, 0.4) is 0 Å². The van der Waals surface area contributed by atoms with Gasteiger partial charge in [0.15, 0.2) is 0 Å². The maximum atomic E-state index is 12.7. The van der Waals surface area contributed by atoms with Gasteiger partial charge in [-0.1, -0.05) is 11.6 Å². The summed E-state index contributed by atoms with van der Waals surface area (Å²) in [7, 11) is -1.19. The summed E-state index contributed by atoms with van der Waals surface area (Å²) in [5, 5.41) is 3.01. The van der Waals surface area contributed by atoms with Crippen molar-refractivity contribution in [1.82, 2.24) is 14.5 Å². The summed E-state index contributed by atoms with van der Waals surface area (Å²) in [6, 6.07) is 4.33. The van der Waals surface area contributed by atoms with Gasteiger partial charge in [0, 0.05) is 38.2 Å². The van der Waals surface area contributed by atoms with E-state index in [-0.39, 0.29) is 28.1 Å². The third-order valence-corrected chi connectivity index (χ3v) is 6.09. The SMILES string of the molecule is COc1ccc(Cl)cc1S(=O)(=O)N(C)CC(=O)NCCN1CCOCC1. The highest BCUT2D eigenvalue weighted by Crippen LogP contribution is 2.28. The number of carbonyl (C=O) groups is 1. The Balaban J connectivity index is 1.91. The molecule has 0 saturated carbocycles. The van der Waals surface area contributed by atoms with E-state index in [4.69, 9.17) is 21.1 Å². The van der Waals surface area contributed by atoms with Gasteiger partial charge < -0.3 is 14.8 Å². The summed E-state index contributed by atoms with van der Waals surface area (Å²) in [5.41, 5.74) is 0. The molecule has 1 aliphatic rings. The van der Waals surface area contributed by atoms with Crippen LogP contribution in [0.5, 0.6) is 5.75 Å². The third kappa shape index (κ3) is 5.55. The number of nitrogens with one attached hydrogen (secondary N) is 1. The van der Waals surface area contributed by atoms with E-state index < -0.39 is 10.0 Å². The van der Waals surface area contributed by atoms with Crippen molar-refractivity contribution < 1.29 is 22.7 Å². The molecular weight excluding hydrogens is 382 g/mol. The smallest absolute Gasteiger partial charge is 0.247 e. The number of sulfonamides is 1. The van der Waals surface area contributed by atoms with Gasteiger partial charge >= 0.3 is 0 Å². The van der Waals surface area contributed by atoms with Gasteiger partial charge in [-0.05, 0) is 18.2 Å². The molecule has 10 heteroatoms. The van der Waals surface area contributed by atoms with Crippen LogP contribution in [0.4, 0.5) is 0 Å². The Hall–Kier alpha value is -1.39. The second-order valence-corrected chi connectivity index (χ2v) is 8.31. The summed E-state index contributed by atoms with van der Waals surface area (Å²) >= 11 is 5.90. The Bertz CT molecular complexity index is 723. The lowest BCUT2D eigenvalue weighted by molar-refractivity contribution is -0.121.